The molecule has 1 aromatic carbocycles. The molecule has 2 aromatic rings. The molecule has 0 aliphatic heterocycles. The van der Waals surface area contributed by atoms with E-state index in [1.165, 1.54) is 10.1 Å². The smallest absolute Gasteiger partial charge is 0.408 e. The van der Waals surface area contributed by atoms with Crippen molar-refractivity contribution < 1.29 is 4.42 Å². The van der Waals surface area contributed by atoms with Crippen molar-refractivity contribution in [2.75, 3.05) is 13.1 Å². The van der Waals surface area contributed by atoms with Gasteiger partial charge in [-0.3, -0.25) is 4.57 Å². The Balaban J connectivity index is 2.06. The number of hydrogen-bond acceptors (Lipinski definition) is 4. The summed E-state index contributed by atoms with van der Waals surface area (Å²) in [6, 6.07) is 5.99. The second-order valence-electron chi connectivity index (χ2n) is 4.66. The van der Waals surface area contributed by atoms with Crippen LogP contribution in [0.5, 0.6) is 0 Å². The molecule has 0 bridgehead atoms. The Morgan fingerprint density at radius 3 is 3.00 bits per heavy atom. The Hall–Kier alpha value is -1.59. The molecule has 0 saturated heterocycles. The Labute approximate surface area is 106 Å². The van der Waals surface area contributed by atoms with Crippen molar-refractivity contribution in [1.29, 1.82) is 0 Å². The minimum atomic E-state index is -0.322. The fraction of sp³-hybridized carbons (Fsp3) is 0.462. The minimum Gasteiger partial charge on any atom is -0.408 e. The zero-order chi connectivity index (χ0) is 13.1. The Bertz CT molecular complexity index is 583. The summed E-state index contributed by atoms with van der Waals surface area (Å²) in [4.78, 5) is 11.4. The highest BCUT2D eigenvalue weighted by molar-refractivity contribution is 5.73. The lowest BCUT2D eigenvalue weighted by Crippen LogP contribution is -2.32. The van der Waals surface area contributed by atoms with E-state index < -0.39 is 0 Å². The van der Waals surface area contributed by atoms with Crippen molar-refractivity contribution in [3.8, 4) is 0 Å². The first kappa shape index (κ1) is 12.9. The van der Waals surface area contributed by atoms with Crippen LogP contribution in [0.4, 0.5) is 0 Å². The molecule has 0 aliphatic carbocycles. The first-order chi connectivity index (χ1) is 8.58. The number of benzene rings is 1. The normalized spacial score (nSPS) is 13.1. The number of fused-ring (bicyclic) bond motifs is 1. The second-order valence-corrected chi connectivity index (χ2v) is 4.66. The standard InChI is InChI=1S/C13H19N3O2/c1-9(14)8-15-6-5-10-3-4-12-11(7-10)16(2)13(17)18-12/h3-4,7,9,15H,5-6,8,14H2,1-2H3. The van der Waals surface area contributed by atoms with Gasteiger partial charge in [-0.15, -0.1) is 0 Å². The van der Waals surface area contributed by atoms with Gasteiger partial charge in [-0.05, 0) is 37.6 Å². The van der Waals surface area contributed by atoms with Gasteiger partial charge in [0.1, 0.15) is 0 Å². The van der Waals surface area contributed by atoms with Crippen LogP contribution in [-0.2, 0) is 13.5 Å². The van der Waals surface area contributed by atoms with Gasteiger partial charge in [0.25, 0.3) is 0 Å². The van der Waals surface area contributed by atoms with Crippen molar-refractivity contribution in [3.05, 3.63) is 34.3 Å². The highest BCUT2D eigenvalue weighted by Crippen LogP contribution is 2.14. The highest BCUT2D eigenvalue weighted by atomic mass is 16.4. The lowest BCUT2D eigenvalue weighted by molar-refractivity contribution is 0.528. The van der Waals surface area contributed by atoms with Crippen LogP contribution in [0.3, 0.4) is 0 Å². The predicted molar refractivity (Wildman–Crippen MR) is 71.7 cm³/mol. The third kappa shape index (κ3) is 2.80. The molecule has 1 atom stereocenters. The number of aromatic nitrogens is 1. The quantitative estimate of drug-likeness (QED) is 0.762. The van der Waals surface area contributed by atoms with E-state index in [1.54, 1.807) is 7.05 Å². The fourth-order valence-electron chi connectivity index (χ4n) is 1.89. The SMILES string of the molecule is CC(N)CNCCc1ccc2oc(=O)n(C)c2c1. The molecule has 0 fully saturated rings. The second kappa shape index (κ2) is 5.37. The molecular formula is C13H19N3O2. The van der Waals surface area contributed by atoms with E-state index in [9.17, 15) is 4.79 Å². The maximum atomic E-state index is 11.4. The number of rotatable bonds is 5. The third-order valence-corrected chi connectivity index (χ3v) is 2.91. The van der Waals surface area contributed by atoms with Gasteiger partial charge in [-0.1, -0.05) is 6.07 Å². The molecule has 98 valence electrons. The van der Waals surface area contributed by atoms with Gasteiger partial charge in [0.2, 0.25) is 0 Å². The largest absolute Gasteiger partial charge is 0.419 e. The number of hydrogen-bond donors (Lipinski definition) is 2. The maximum absolute atomic E-state index is 11.4. The van der Waals surface area contributed by atoms with Crippen LogP contribution in [0, 0.1) is 0 Å². The molecule has 1 heterocycles. The van der Waals surface area contributed by atoms with Crippen molar-refractivity contribution in [3.63, 3.8) is 0 Å². The van der Waals surface area contributed by atoms with Crippen LogP contribution in [0.2, 0.25) is 0 Å². The van der Waals surface area contributed by atoms with Gasteiger partial charge in [-0.25, -0.2) is 4.79 Å². The number of aryl methyl sites for hydroxylation is 1. The summed E-state index contributed by atoms with van der Waals surface area (Å²) in [5, 5.41) is 3.28. The van der Waals surface area contributed by atoms with Crippen LogP contribution < -0.4 is 16.8 Å². The molecule has 0 saturated carbocycles. The van der Waals surface area contributed by atoms with Crippen molar-refractivity contribution in [1.82, 2.24) is 9.88 Å². The zero-order valence-corrected chi connectivity index (χ0v) is 10.8. The molecule has 18 heavy (non-hydrogen) atoms. The van der Waals surface area contributed by atoms with Gasteiger partial charge in [-0.2, -0.15) is 0 Å². The average Bonchev–Trinajstić information content (AvgIpc) is 2.61. The molecule has 1 aromatic heterocycles. The van der Waals surface area contributed by atoms with E-state index in [0.29, 0.717) is 5.58 Å². The van der Waals surface area contributed by atoms with Crippen molar-refractivity contribution in [2.24, 2.45) is 12.8 Å². The van der Waals surface area contributed by atoms with E-state index >= 15 is 0 Å². The van der Waals surface area contributed by atoms with Crippen molar-refractivity contribution in [2.45, 2.75) is 19.4 Å². The van der Waals surface area contributed by atoms with E-state index in [0.717, 1.165) is 25.0 Å². The van der Waals surface area contributed by atoms with Crippen LogP contribution in [0.25, 0.3) is 11.1 Å². The summed E-state index contributed by atoms with van der Waals surface area (Å²) in [7, 11) is 1.71. The molecule has 1 unspecified atom stereocenters. The van der Waals surface area contributed by atoms with Crippen molar-refractivity contribution >= 4 is 11.1 Å². The van der Waals surface area contributed by atoms with E-state index in [1.807, 2.05) is 25.1 Å². The summed E-state index contributed by atoms with van der Waals surface area (Å²) in [5.41, 5.74) is 8.30. The maximum Gasteiger partial charge on any atom is 0.419 e. The molecule has 0 amide bonds. The zero-order valence-electron chi connectivity index (χ0n) is 10.8. The molecule has 0 spiro atoms. The lowest BCUT2D eigenvalue weighted by atomic mass is 10.1. The summed E-state index contributed by atoms with van der Waals surface area (Å²) in [6.45, 7) is 3.66. The molecule has 2 rings (SSSR count). The van der Waals surface area contributed by atoms with E-state index in [-0.39, 0.29) is 11.8 Å². The van der Waals surface area contributed by atoms with E-state index in [4.69, 9.17) is 10.2 Å². The minimum absolute atomic E-state index is 0.169. The number of oxazole rings is 1. The first-order valence-electron chi connectivity index (χ1n) is 6.12. The topological polar surface area (TPSA) is 73.2 Å². The first-order valence-corrected chi connectivity index (χ1v) is 6.12. The van der Waals surface area contributed by atoms with Crippen LogP contribution in [-0.4, -0.2) is 23.7 Å². The molecule has 0 aliphatic rings. The van der Waals surface area contributed by atoms with Crippen LogP contribution in [0.1, 0.15) is 12.5 Å². The Kier molecular flexibility index (Phi) is 3.84. The molecule has 0 radical (unpaired) electrons. The summed E-state index contributed by atoms with van der Waals surface area (Å²) >= 11 is 0. The van der Waals surface area contributed by atoms with Crippen LogP contribution >= 0.6 is 0 Å². The molecular weight excluding hydrogens is 230 g/mol. The monoisotopic (exact) mass is 249 g/mol. The Morgan fingerprint density at radius 1 is 1.50 bits per heavy atom. The molecule has 5 nitrogen and oxygen atoms in total. The van der Waals surface area contributed by atoms with Gasteiger partial charge >= 0.3 is 5.76 Å². The Morgan fingerprint density at radius 2 is 2.28 bits per heavy atom. The van der Waals surface area contributed by atoms with Gasteiger partial charge in [0.15, 0.2) is 5.58 Å². The number of nitrogens with one attached hydrogen (secondary N) is 1. The summed E-state index contributed by atoms with van der Waals surface area (Å²) in [5.74, 6) is -0.322. The highest BCUT2D eigenvalue weighted by Gasteiger charge is 2.06. The van der Waals surface area contributed by atoms with Gasteiger partial charge < -0.3 is 15.5 Å². The lowest BCUT2D eigenvalue weighted by Gasteiger charge is -2.07. The van der Waals surface area contributed by atoms with Gasteiger partial charge in [0, 0.05) is 19.6 Å². The number of nitrogens with zero attached hydrogens (tertiary/aromatic N) is 1. The van der Waals surface area contributed by atoms with E-state index in [2.05, 4.69) is 5.32 Å². The molecule has 3 N–H and O–H groups in total. The predicted octanol–water partition coefficient (Wildman–Crippen LogP) is 0.611. The summed E-state index contributed by atoms with van der Waals surface area (Å²) in [6.07, 6.45) is 0.905. The molecule has 5 heteroatoms. The van der Waals surface area contributed by atoms with Crippen LogP contribution in [0.15, 0.2) is 27.4 Å². The third-order valence-electron chi connectivity index (χ3n) is 2.91. The average molecular weight is 249 g/mol. The summed E-state index contributed by atoms with van der Waals surface area (Å²) < 4.78 is 6.61. The fourth-order valence-corrected chi connectivity index (χ4v) is 1.89. The van der Waals surface area contributed by atoms with Gasteiger partial charge in [0.05, 0.1) is 5.52 Å². The number of nitrogens with two attached hydrogens (primary N) is 1.